The van der Waals surface area contributed by atoms with Gasteiger partial charge in [-0.25, -0.2) is 4.79 Å². The minimum atomic E-state index is -0.633. The topological polar surface area (TPSA) is 68.6 Å². The predicted molar refractivity (Wildman–Crippen MR) is 100 cm³/mol. The maximum Gasteiger partial charge on any atom is 0.355 e. The van der Waals surface area contributed by atoms with Gasteiger partial charge in [0.05, 0.1) is 0 Å². The van der Waals surface area contributed by atoms with Gasteiger partial charge in [0.1, 0.15) is 5.69 Å². The number of ether oxygens (including phenoxy) is 1. The summed E-state index contributed by atoms with van der Waals surface area (Å²) in [4.78, 5) is 38.4. The lowest BCUT2D eigenvalue weighted by Gasteiger charge is -2.17. The monoisotopic (exact) mass is 374 g/mol. The van der Waals surface area contributed by atoms with Crippen molar-refractivity contribution in [3.63, 3.8) is 0 Å². The largest absolute Gasteiger partial charge is 0.451 e. The van der Waals surface area contributed by atoms with Gasteiger partial charge < -0.3 is 14.2 Å². The van der Waals surface area contributed by atoms with Crippen LogP contribution in [-0.2, 0) is 23.1 Å². The molecule has 1 aromatic carbocycles. The van der Waals surface area contributed by atoms with Crippen LogP contribution in [0.1, 0.15) is 33.3 Å². The van der Waals surface area contributed by atoms with Gasteiger partial charge in [-0.1, -0.05) is 12.1 Å². The van der Waals surface area contributed by atoms with Gasteiger partial charge in [0.2, 0.25) is 0 Å². The Balaban J connectivity index is 1.90. The molecule has 0 N–H and O–H groups in total. The summed E-state index contributed by atoms with van der Waals surface area (Å²) in [5, 5.41) is 0. The fourth-order valence-electron chi connectivity index (χ4n) is 2.36. The number of amides is 1. The van der Waals surface area contributed by atoms with Crippen molar-refractivity contribution in [3.8, 4) is 0 Å². The molecule has 0 atom stereocenters. The molecular formula is C19H22N2O4S. The first kappa shape index (κ1) is 19.8. The van der Waals surface area contributed by atoms with Crippen LogP contribution in [-0.4, -0.2) is 47.0 Å². The Morgan fingerprint density at radius 1 is 1.19 bits per heavy atom. The van der Waals surface area contributed by atoms with E-state index in [1.165, 1.54) is 22.5 Å². The Morgan fingerprint density at radius 2 is 1.85 bits per heavy atom. The lowest BCUT2D eigenvalue weighted by molar-refractivity contribution is -0.133. The molecule has 138 valence electrons. The summed E-state index contributed by atoms with van der Waals surface area (Å²) >= 11 is 1.66. The zero-order chi connectivity index (χ0) is 19.3. The van der Waals surface area contributed by atoms with Gasteiger partial charge >= 0.3 is 5.97 Å². The highest BCUT2D eigenvalue weighted by Gasteiger charge is 2.18. The van der Waals surface area contributed by atoms with E-state index in [0.717, 1.165) is 10.5 Å². The standard InChI is InChI=1S/C19H22N2O4S/c1-13(22)15-9-17(20(2)11-15)19(24)25-12-18(23)21(3)10-14-5-7-16(26-4)8-6-14/h5-9,11H,10,12H2,1-4H3. The van der Waals surface area contributed by atoms with Crippen molar-refractivity contribution in [1.29, 1.82) is 0 Å². The molecule has 7 heteroatoms. The zero-order valence-corrected chi connectivity index (χ0v) is 16.1. The maximum atomic E-state index is 12.2. The molecular weight excluding hydrogens is 352 g/mol. The SMILES string of the molecule is CSc1ccc(CN(C)C(=O)COC(=O)c2cc(C(C)=O)cn2C)cc1. The second-order valence-electron chi connectivity index (χ2n) is 5.96. The summed E-state index contributed by atoms with van der Waals surface area (Å²) in [6.45, 7) is 1.51. The summed E-state index contributed by atoms with van der Waals surface area (Å²) in [5.74, 6) is -1.07. The van der Waals surface area contributed by atoms with Gasteiger partial charge in [-0.15, -0.1) is 11.8 Å². The van der Waals surface area contributed by atoms with E-state index in [9.17, 15) is 14.4 Å². The van der Waals surface area contributed by atoms with Crippen LogP contribution in [0.2, 0.25) is 0 Å². The van der Waals surface area contributed by atoms with Crippen LogP contribution in [0.25, 0.3) is 0 Å². The molecule has 0 aliphatic carbocycles. The van der Waals surface area contributed by atoms with Crippen molar-refractivity contribution in [2.75, 3.05) is 19.9 Å². The van der Waals surface area contributed by atoms with Gasteiger partial charge in [-0.3, -0.25) is 9.59 Å². The number of esters is 1. The van der Waals surface area contributed by atoms with Crippen LogP contribution < -0.4 is 0 Å². The highest BCUT2D eigenvalue weighted by molar-refractivity contribution is 7.98. The van der Waals surface area contributed by atoms with Crippen LogP contribution in [0, 0.1) is 0 Å². The fourth-order valence-corrected chi connectivity index (χ4v) is 2.77. The van der Waals surface area contributed by atoms with Gasteiger partial charge in [-0.2, -0.15) is 0 Å². The minimum Gasteiger partial charge on any atom is -0.451 e. The minimum absolute atomic E-state index is 0.136. The Hall–Kier alpha value is -2.54. The molecule has 0 radical (unpaired) electrons. The number of ketones is 1. The van der Waals surface area contributed by atoms with E-state index in [0.29, 0.717) is 12.1 Å². The number of thioether (sulfide) groups is 1. The number of carbonyl (C=O) groups is 3. The predicted octanol–water partition coefficient (Wildman–Crippen LogP) is 2.77. The van der Waals surface area contributed by atoms with Crippen LogP contribution in [0.15, 0.2) is 41.4 Å². The van der Waals surface area contributed by atoms with Crippen molar-refractivity contribution in [1.82, 2.24) is 9.47 Å². The van der Waals surface area contributed by atoms with E-state index in [1.807, 2.05) is 30.5 Å². The number of aryl methyl sites for hydroxylation is 1. The molecule has 0 fully saturated rings. The Morgan fingerprint density at radius 3 is 2.38 bits per heavy atom. The molecule has 0 saturated carbocycles. The van der Waals surface area contributed by atoms with E-state index in [4.69, 9.17) is 4.74 Å². The second-order valence-corrected chi connectivity index (χ2v) is 6.83. The van der Waals surface area contributed by atoms with Crippen LogP contribution in [0.3, 0.4) is 0 Å². The maximum absolute atomic E-state index is 12.2. The molecule has 0 aliphatic heterocycles. The van der Waals surface area contributed by atoms with E-state index in [1.54, 1.807) is 32.1 Å². The third-order valence-electron chi connectivity index (χ3n) is 3.95. The first-order valence-electron chi connectivity index (χ1n) is 8.03. The lowest BCUT2D eigenvalue weighted by Crippen LogP contribution is -2.31. The second kappa shape index (κ2) is 8.71. The van der Waals surface area contributed by atoms with E-state index in [2.05, 4.69) is 0 Å². The molecule has 2 aromatic rings. The number of Topliss-reactive ketones (excluding diaryl/α,β-unsaturated/α-hetero) is 1. The number of rotatable bonds is 7. The normalized spacial score (nSPS) is 10.5. The number of hydrogen-bond donors (Lipinski definition) is 0. The average molecular weight is 374 g/mol. The molecule has 1 aromatic heterocycles. The van der Waals surface area contributed by atoms with Crippen molar-refractivity contribution in [2.24, 2.45) is 7.05 Å². The van der Waals surface area contributed by atoms with E-state index >= 15 is 0 Å². The van der Waals surface area contributed by atoms with E-state index < -0.39 is 5.97 Å². The Bertz CT molecular complexity index is 811. The van der Waals surface area contributed by atoms with Crippen molar-refractivity contribution >= 4 is 29.4 Å². The smallest absolute Gasteiger partial charge is 0.355 e. The number of hydrogen-bond acceptors (Lipinski definition) is 5. The zero-order valence-electron chi connectivity index (χ0n) is 15.3. The van der Waals surface area contributed by atoms with Crippen LogP contribution in [0.4, 0.5) is 0 Å². The number of carbonyl (C=O) groups excluding carboxylic acids is 3. The van der Waals surface area contributed by atoms with Gasteiger partial charge in [0.15, 0.2) is 12.4 Å². The number of nitrogens with zero attached hydrogens (tertiary/aromatic N) is 2. The van der Waals surface area contributed by atoms with Crippen molar-refractivity contribution in [3.05, 3.63) is 53.3 Å². The quantitative estimate of drug-likeness (QED) is 0.423. The number of likely N-dealkylation sites (N-methyl/N-ethyl adjacent to an activating group) is 1. The molecule has 0 spiro atoms. The van der Waals surface area contributed by atoms with Gasteiger partial charge in [-0.05, 0) is 36.9 Å². The summed E-state index contributed by atoms with van der Waals surface area (Å²) < 4.78 is 6.61. The summed E-state index contributed by atoms with van der Waals surface area (Å²) in [6, 6.07) is 9.40. The molecule has 26 heavy (non-hydrogen) atoms. The third kappa shape index (κ3) is 4.98. The van der Waals surface area contributed by atoms with Gasteiger partial charge in [0, 0.05) is 37.3 Å². The first-order chi connectivity index (χ1) is 12.3. The van der Waals surface area contributed by atoms with Crippen LogP contribution >= 0.6 is 11.8 Å². The molecule has 0 bridgehead atoms. The van der Waals surface area contributed by atoms with Crippen molar-refractivity contribution in [2.45, 2.75) is 18.4 Å². The number of benzene rings is 1. The third-order valence-corrected chi connectivity index (χ3v) is 4.70. The molecule has 0 saturated heterocycles. The fraction of sp³-hybridized carbons (Fsp3) is 0.316. The van der Waals surface area contributed by atoms with Crippen molar-refractivity contribution < 1.29 is 19.1 Å². The number of aromatic nitrogens is 1. The summed E-state index contributed by atoms with van der Waals surface area (Å²) in [7, 11) is 3.31. The molecule has 6 nitrogen and oxygen atoms in total. The highest BCUT2D eigenvalue weighted by atomic mass is 32.2. The molecule has 2 rings (SSSR count). The Kier molecular flexibility index (Phi) is 6.63. The molecule has 1 amide bonds. The Labute approximate surface area is 157 Å². The summed E-state index contributed by atoms with van der Waals surface area (Å²) in [5.41, 5.74) is 1.66. The van der Waals surface area contributed by atoms with E-state index in [-0.39, 0.29) is 24.0 Å². The average Bonchev–Trinajstić information content (AvgIpc) is 3.02. The van der Waals surface area contributed by atoms with Gasteiger partial charge in [0.25, 0.3) is 5.91 Å². The first-order valence-corrected chi connectivity index (χ1v) is 9.25. The summed E-state index contributed by atoms with van der Waals surface area (Å²) in [6.07, 6.45) is 3.57. The molecule has 1 heterocycles. The lowest BCUT2D eigenvalue weighted by atomic mass is 10.2. The molecule has 0 unspecified atom stereocenters. The highest BCUT2D eigenvalue weighted by Crippen LogP contribution is 2.15. The van der Waals surface area contributed by atoms with Crippen LogP contribution in [0.5, 0.6) is 0 Å². The molecule has 0 aliphatic rings.